The lowest BCUT2D eigenvalue weighted by molar-refractivity contribution is 0.170. The molecule has 86 valence electrons. The fourth-order valence-corrected chi connectivity index (χ4v) is 1.94. The normalized spacial score (nSPS) is 14.4. The van der Waals surface area contributed by atoms with Crippen LogP contribution < -0.4 is 15.2 Å². The lowest BCUT2D eigenvalue weighted by Gasteiger charge is -2.22. The van der Waals surface area contributed by atoms with E-state index in [-0.39, 0.29) is 0 Å². The second kappa shape index (κ2) is 4.76. The van der Waals surface area contributed by atoms with Crippen molar-refractivity contribution >= 4 is 17.7 Å². The third-order valence-corrected chi connectivity index (χ3v) is 2.77. The molecule has 1 aromatic carbocycles. The van der Waals surface area contributed by atoms with Gasteiger partial charge in [0.15, 0.2) is 11.5 Å². The standard InChI is InChI=1S/C12H14ClNO2/c1-8-9(3-2-4-14)7-10(13)12-11(8)15-5-6-16-12/h2-3,7H,4-6,14H2,1H3/b3-2+. The van der Waals surface area contributed by atoms with Crippen molar-refractivity contribution in [3.05, 3.63) is 28.3 Å². The summed E-state index contributed by atoms with van der Waals surface area (Å²) >= 11 is 6.13. The molecule has 0 aliphatic carbocycles. The highest BCUT2D eigenvalue weighted by molar-refractivity contribution is 6.32. The zero-order chi connectivity index (χ0) is 11.5. The molecule has 0 radical (unpaired) electrons. The minimum Gasteiger partial charge on any atom is -0.486 e. The highest BCUT2D eigenvalue weighted by Gasteiger charge is 2.19. The number of fused-ring (bicyclic) bond motifs is 1. The van der Waals surface area contributed by atoms with Crippen LogP contribution in [-0.4, -0.2) is 19.8 Å². The summed E-state index contributed by atoms with van der Waals surface area (Å²) in [5, 5.41) is 0.581. The van der Waals surface area contributed by atoms with Gasteiger partial charge in [0.2, 0.25) is 0 Å². The van der Waals surface area contributed by atoms with Crippen molar-refractivity contribution in [2.45, 2.75) is 6.92 Å². The van der Waals surface area contributed by atoms with Gasteiger partial charge in [-0.3, -0.25) is 0 Å². The van der Waals surface area contributed by atoms with Crippen LogP contribution in [-0.2, 0) is 0 Å². The van der Waals surface area contributed by atoms with Gasteiger partial charge in [0.05, 0.1) is 5.02 Å². The van der Waals surface area contributed by atoms with Gasteiger partial charge in [0.1, 0.15) is 13.2 Å². The summed E-state index contributed by atoms with van der Waals surface area (Å²) in [5.41, 5.74) is 7.47. The van der Waals surface area contributed by atoms with Crippen LogP contribution in [0.4, 0.5) is 0 Å². The van der Waals surface area contributed by atoms with Crippen molar-refractivity contribution < 1.29 is 9.47 Å². The van der Waals surface area contributed by atoms with Crippen LogP contribution >= 0.6 is 11.6 Å². The Bertz CT molecular complexity index is 430. The van der Waals surface area contributed by atoms with Crippen molar-refractivity contribution in [2.24, 2.45) is 5.73 Å². The predicted molar refractivity (Wildman–Crippen MR) is 65.3 cm³/mol. The molecule has 3 nitrogen and oxygen atoms in total. The summed E-state index contributed by atoms with van der Waals surface area (Å²) < 4.78 is 11.1. The Hall–Kier alpha value is -1.19. The first-order chi connectivity index (χ1) is 7.74. The van der Waals surface area contributed by atoms with Crippen LogP contribution in [0.3, 0.4) is 0 Å². The van der Waals surface area contributed by atoms with E-state index in [0.717, 1.165) is 16.9 Å². The molecule has 0 saturated heterocycles. The molecule has 0 bridgehead atoms. The molecule has 1 heterocycles. The quantitative estimate of drug-likeness (QED) is 0.862. The minimum atomic E-state index is 0.505. The fourth-order valence-electron chi connectivity index (χ4n) is 1.68. The van der Waals surface area contributed by atoms with Gasteiger partial charge in [-0.05, 0) is 18.6 Å². The fraction of sp³-hybridized carbons (Fsp3) is 0.333. The Morgan fingerprint density at radius 2 is 2.06 bits per heavy atom. The second-order valence-corrected chi connectivity index (χ2v) is 3.97. The van der Waals surface area contributed by atoms with E-state index in [4.69, 9.17) is 26.8 Å². The van der Waals surface area contributed by atoms with Crippen LogP contribution in [0.2, 0.25) is 5.02 Å². The average molecular weight is 240 g/mol. The van der Waals surface area contributed by atoms with E-state index in [9.17, 15) is 0 Å². The van der Waals surface area contributed by atoms with E-state index < -0.39 is 0 Å². The van der Waals surface area contributed by atoms with Gasteiger partial charge in [-0.25, -0.2) is 0 Å². The summed E-state index contributed by atoms with van der Waals surface area (Å²) in [6.07, 6.45) is 3.83. The summed E-state index contributed by atoms with van der Waals surface area (Å²) in [4.78, 5) is 0. The van der Waals surface area contributed by atoms with Crippen molar-refractivity contribution in [2.75, 3.05) is 19.8 Å². The molecule has 2 rings (SSSR count). The van der Waals surface area contributed by atoms with Crippen LogP contribution in [0, 0.1) is 6.92 Å². The third kappa shape index (κ3) is 2.01. The molecule has 2 N–H and O–H groups in total. The van der Waals surface area contributed by atoms with Gasteiger partial charge in [0, 0.05) is 12.1 Å². The van der Waals surface area contributed by atoms with Crippen LogP contribution in [0.15, 0.2) is 12.1 Å². The largest absolute Gasteiger partial charge is 0.486 e. The maximum absolute atomic E-state index is 6.13. The first-order valence-electron chi connectivity index (χ1n) is 5.19. The molecule has 1 aliphatic rings. The topological polar surface area (TPSA) is 44.5 Å². The van der Waals surface area contributed by atoms with Gasteiger partial charge < -0.3 is 15.2 Å². The van der Waals surface area contributed by atoms with Crippen LogP contribution in [0.1, 0.15) is 11.1 Å². The maximum atomic E-state index is 6.13. The van der Waals surface area contributed by atoms with Crippen molar-refractivity contribution in [1.29, 1.82) is 0 Å². The highest BCUT2D eigenvalue weighted by Crippen LogP contribution is 2.41. The molecule has 0 atom stereocenters. The molecule has 0 amide bonds. The Kier molecular flexibility index (Phi) is 3.36. The molecule has 0 fully saturated rings. The van der Waals surface area contributed by atoms with Gasteiger partial charge in [-0.2, -0.15) is 0 Å². The van der Waals surface area contributed by atoms with E-state index in [1.807, 2.05) is 25.1 Å². The molecule has 0 spiro atoms. The number of ether oxygens (including phenoxy) is 2. The summed E-state index contributed by atoms with van der Waals surface area (Å²) in [7, 11) is 0. The van der Waals surface area contributed by atoms with E-state index in [0.29, 0.717) is 30.5 Å². The molecular weight excluding hydrogens is 226 g/mol. The molecule has 0 unspecified atom stereocenters. The van der Waals surface area contributed by atoms with Crippen LogP contribution in [0.5, 0.6) is 11.5 Å². The SMILES string of the molecule is Cc1c(/C=C/CN)cc(Cl)c2c1OCCO2. The summed E-state index contributed by atoms with van der Waals surface area (Å²) in [6, 6.07) is 1.87. The molecule has 0 saturated carbocycles. The Morgan fingerprint density at radius 3 is 2.75 bits per heavy atom. The second-order valence-electron chi connectivity index (χ2n) is 3.57. The van der Waals surface area contributed by atoms with E-state index >= 15 is 0 Å². The predicted octanol–water partition coefficient (Wildman–Crippen LogP) is 2.39. The molecule has 16 heavy (non-hydrogen) atoms. The van der Waals surface area contributed by atoms with Gasteiger partial charge >= 0.3 is 0 Å². The Balaban J connectivity index is 2.49. The number of nitrogens with two attached hydrogens (primary N) is 1. The van der Waals surface area contributed by atoms with Crippen molar-refractivity contribution in [3.63, 3.8) is 0 Å². The smallest absolute Gasteiger partial charge is 0.180 e. The number of rotatable bonds is 2. The van der Waals surface area contributed by atoms with Crippen molar-refractivity contribution in [1.82, 2.24) is 0 Å². The first-order valence-corrected chi connectivity index (χ1v) is 5.57. The lowest BCUT2D eigenvalue weighted by Crippen LogP contribution is -2.16. The number of halogens is 1. The molecule has 0 aromatic heterocycles. The third-order valence-electron chi connectivity index (χ3n) is 2.49. The zero-order valence-electron chi connectivity index (χ0n) is 9.13. The Morgan fingerprint density at radius 1 is 1.38 bits per heavy atom. The van der Waals surface area contributed by atoms with E-state index in [1.54, 1.807) is 0 Å². The minimum absolute atomic E-state index is 0.505. The summed E-state index contributed by atoms with van der Waals surface area (Å²) in [6.45, 7) is 3.60. The first kappa shape index (κ1) is 11.3. The van der Waals surface area contributed by atoms with Crippen molar-refractivity contribution in [3.8, 4) is 11.5 Å². The number of hydrogen-bond donors (Lipinski definition) is 1. The number of hydrogen-bond acceptors (Lipinski definition) is 3. The van der Waals surface area contributed by atoms with Gasteiger partial charge in [-0.1, -0.05) is 23.8 Å². The van der Waals surface area contributed by atoms with Crippen LogP contribution in [0.25, 0.3) is 6.08 Å². The maximum Gasteiger partial charge on any atom is 0.180 e. The number of benzene rings is 1. The molecule has 1 aromatic rings. The van der Waals surface area contributed by atoms with E-state index in [1.165, 1.54) is 0 Å². The van der Waals surface area contributed by atoms with Gasteiger partial charge in [0.25, 0.3) is 0 Å². The average Bonchev–Trinajstić information content (AvgIpc) is 2.32. The van der Waals surface area contributed by atoms with Gasteiger partial charge in [-0.15, -0.1) is 0 Å². The molecule has 4 heteroatoms. The zero-order valence-corrected chi connectivity index (χ0v) is 9.88. The molecular formula is C12H14ClNO2. The highest BCUT2D eigenvalue weighted by atomic mass is 35.5. The molecule has 1 aliphatic heterocycles. The van der Waals surface area contributed by atoms with E-state index in [2.05, 4.69) is 0 Å². The lowest BCUT2D eigenvalue weighted by atomic mass is 10.1. The Labute approximate surface area is 99.8 Å². The monoisotopic (exact) mass is 239 g/mol. The summed E-state index contributed by atoms with van der Waals surface area (Å²) in [5.74, 6) is 1.39.